The first-order valence-electron chi connectivity index (χ1n) is 8.41. The lowest BCUT2D eigenvalue weighted by atomic mass is 10.2. The highest BCUT2D eigenvalue weighted by Crippen LogP contribution is 2.27. The van der Waals surface area contributed by atoms with Crippen molar-refractivity contribution in [1.29, 1.82) is 0 Å². The second-order valence-electron chi connectivity index (χ2n) is 5.96. The minimum atomic E-state index is -4.60. The minimum Gasteiger partial charge on any atom is -0.482 e. The largest absolute Gasteiger partial charge is 0.482 e. The molecule has 0 heterocycles. The molecule has 29 heavy (non-hydrogen) atoms. The van der Waals surface area contributed by atoms with Crippen molar-refractivity contribution in [3.05, 3.63) is 59.9 Å². The molecule has 1 unspecified atom stereocenters. The smallest absolute Gasteiger partial charge is 0.422 e. The van der Waals surface area contributed by atoms with Crippen molar-refractivity contribution in [3.63, 3.8) is 0 Å². The number of carbonyl (C=O) groups excluding carboxylic acids is 2. The molecule has 0 aliphatic carbocycles. The maximum Gasteiger partial charge on any atom is 0.422 e. The van der Waals surface area contributed by atoms with Crippen molar-refractivity contribution in [1.82, 2.24) is 5.32 Å². The van der Waals surface area contributed by atoms with Crippen LogP contribution in [0.5, 0.6) is 5.75 Å². The Labute approximate surface area is 163 Å². The topological polar surface area (TPSA) is 76.7 Å². The van der Waals surface area contributed by atoms with Gasteiger partial charge < -0.3 is 20.1 Å². The molecule has 0 radical (unpaired) electrons. The third-order valence-corrected chi connectivity index (χ3v) is 3.53. The number of hydrogen-bond donors (Lipinski definition) is 2. The Kier molecular flexibility index (Phi) is 7.40. The minimum absolute atomic E-state index is 0.0136. The van der Waals surface area contributed by atoms with Gasteiger partial charge in [-0.1, -0.05) is 30.3 Å². The van der Waals surface area contributed by atoms with E-state index in [-0.39, 0.29) is 18.0 Å². The maximum atomic E-state index is 13.4. The standard InChI is InChI=1S/C19H18F4N2O4/c1-12(24-18(27)28-10-13-5-3-2-4-6-13)17(26)25-15-9-14(20)7-8-16(15)29-11-19(21,22)23/h2-9,12H,10-11H2,1H3,(H,24,27)(H,25,26). The predicted molar refractivity (Wildman–Crippen MR) is 95.8 cm³/mol. The number of alkyl halides is 3. The van der Waals surface area contributed by atoms with Gasteiger partial charge in [0.1, 0.15) is 24.2 Å². The molecule has 2 aromatic rings. The predicted octanol–water partition coefficient (Wildman–Crippen LogP) is 4.02. The number of amides is 2. The second kappa shape index (κ2) is 9.76. The van der Waals surface area contributed by atoms with Crippen LogP contribution in [0.4, 0.5) is 28.0 Å². The summed E-state index contributed by atoms with van der Waals surface area (Å²) >= 11 is 0. The summed E-state index contributed by atoms with van der Waals surface area (Å²) in [5, 5.41) is 4.50. The molecule has 0 aliphatic rings. The molecular weight excluding hydrogens is 396 g/mol. The van der Waals surface area contributed by atoms with Gasteiger partial charge >= 0.3 is 12.3 Å². The van der Waals surface area contributed by atoms with Gasteiger partial charge in [-0.3, -0.25) is 4.79 Å². The first-order valence-corrected chi connectivity index (χ1v) is 8.41. The zero-order valence-electron chi connectivity index (χ0n) is 15.3. The summed E-state index contributed by atoms with van der Waals surface area (Å²) in [6.07, 6.45) is -5.48. The third kappa shape index (κ3) is 7.68. The molecule has 0 aromatic heterocycles. The lowest BCUT2D eigenvalue weighted by Crippen LogP contribution is -2.41. The van der Waals surface area contributed by atoms with Gasteiger partial charge in [0.05, 0.1) is 5.69 Å². The lowest BCUT2D eigenvalue weighted by molar-refractivity contribution is -0.153. The summed E-state index contributed by atoms with van der Waals surface area (Å²) in [5.74, 6) is -1.96. The summed E-state index contributed by atoms with van der Waals surface area (Å²) in [5.41, 5.74) is 0.441. The Morgan fingerprint density at radius 1 is 1.10 bits per heavy atom. The molecule has 10 heteroatoms. The molecule has 2 aromatic carbocycles. The van der Waals surface area contributed by atoms with Gasteiger partial charge in [-0.2, -0.15) is 13.2 Å². The van der Waals surface area contributed by atoms with E-state index < -0.39 is 36.6 Å². The quantitative estimate of drug-likeness (QED) is 0.671. The number of anilines is 1. The summed E-state index contributed by atoms with van der Waals surface area (Å²) in [6.45, 7) is -0.296. The van der Waals surface area contributed by atoms with Crippen LogP contribution in [-0.4, -0.2) is 30.8 Å². The van der Waals surface area contributed by atoms with Crippen molar-refractivity contribution in [2.45, 2.75) is 25.7 Å². The van der Waals surface area contributed by atoms with E-state index in [1.165, 1.54) is 6.92 Å². The van der Waals surface area contributed by atoms with Gasteiger partial charge in [0.2, 0.25) is 5.91 Å². The molecule has 1 atom stereocenters. The molecule has 0 bridgehead atoms. The van der Waals surface area contributed by atoms with E-state index in [1.807, 2.05) is 0 Å². The molecule has 6 nitrogen and oxygen atoms in total. The Morgan fingerprint density at radius 3 is 2.45 bits per heavy atom. The van der Waals surface area contributed by atoms with Crippen molar-refractivity contribution in [2.75, 3.05) is 11.9 Å². The van der Waals surface area contributed by atoms with E-state index in [4.69, 9.17) is 4.74 Å². The van der Waals surface area contributed by atoms with Crippen molar-refractivity contribution in [2.24, 2.45) is 0 Å². The highest BCUT2D eigenvalue weighted by Gasteiger charge is 2.29. The molecular formula is C19H18F4N2O4. The molecule has 0 spiro atoms. The van der Waals surface area contributed by atoms with Crippen LogP contribution in [0.3, 0.4) is 0 Å². The van der Waals surface area contributed by atoms with Crippen molar-refractivity contribution < 1.29 is 36.6 Å². The molecule has 0 saturated carbocycles. The Bertz CT molecular complexity index is 844. The van der Waals surface area contributed by atoms with Gasteiger partial charge in [-0.25, -0.2) is 9.18 Å². The van der Waals surface area contributed by atoms with E-state index in [0.29, 0.717) is 0 Å². The molecule has 2 amide bonds. The lowest BCUT2D eigenvalue weighted by Gasteiger charge is -2.17. The SMILES string of the molecule is CC(NC(=O)OCc1ccccc1)C(=O)Nc1cc(F)ccc1OCC(F)(F)F. The molecule has 0 aliphatic heterocycles. The van der Waals surface area contributed by atoms with Crippen LogP contribution in [0, 0.1) is 5.82 Å². The highest BCUT2D eigenvalue weighted by atomic mass is 19.4. The summed E-state index contributed by atoms with van der Waals surface area (Å²) < 4.78 is 60.0. The molecule has 0 saturated heterocycles. The molecule has 0 fully saturated rings. The number of carbonyl (C=O) groups is 2. The number of alkyl carbamates (subject to hydrolysis) is 1. The fourth-order valence-corrected chi connectivity index (χ4v) is 2.13. The van der Waals surface area contributed by atoms with Crippen LogP contribution < -0.4 is 15.4 Å². The van der Waals surface area contributed by atoms with Crippen molar-refractivity contribution >= 4 is 17.7 Å². The monoisotopic (exact) mass is 414 g/mol. The average Bonchev–Trinajstić information content (AvgIpc) is 2.65. The first kappa shape index (κ1) is 22.0. The van der Waals surface area contributed by atoms with Crippen LogP contribution >= 0.6 is 0 Å². The summed E-state index contributed by atoms with van der Waals surface area (Å²) in [7, 11) is 0. The first-order chi connectivity index (χ1) is 13.6. The van der Waals surface area contributed by atoms with E-state index in [0.717, 1.165) is 23.8 Å². The molecule has 2 N–H and O–H groups in total. The van der Waals surface area contributed by atoms with Crippen LogP contribution in [0.15, 0.2) is 48.5 Å². The van der Waals surface area contributed by atoms with Crippen LogP contribution in [-0.2, 0) is 16.1 Å². The zero-order chi connectivity index (χ0) is 21.4. The fraction of sp³-hybridized carbons (Fsp3) is 0.263. The number of rotatable bonds is 7. The molecule has 2 rings (SSSR count). The van der Waals surface area contributed by atoms with E-state index >= 15 is 0 Å². The highest BCUT2D eigenvalue weighted by molar-refractivity contribution is 5.97. The fourth-order valence-electron chi connectivity index (χ4n) is 2.13. The average molecular weight is 414 g/mol. The normalized spacial score (nSPS) is 12.0. The van der Waals surface area contributed by atoms with E-state index in [9.17, 15) is 27.2 Å². The number of benzene rings is 2. The summed E-state index contributed by atoms with van der Waals surface area (Å²) in [6, 6.07) is 10.4. The Balaban J connectivity index is 1.92. The Hall–Kier alpha value is -3.30. The summed E-state index contributed by atoms with van der Waals surface area (Å²) in [4.78, 5) is 24.0. The van der Waals surface area contributed by atoms with Crippen LogP contribution in [0.1, 0.15) is 12.5 Å². The zero-order valence-corrected chi connectivity index (χ0v) is 15.3. The van der Waals surface area contributed by atoms with Crippen molar-refractivity contribution in [3.8, 4) is 5.75 Å². The molecule has 156 valence electrons. The number of halogens is 4. The van der Waals surface area contributed by atoms with Crippen LogP contribution in [0.25, 0.3) is 0 Å². The number of hydrogen-bond acceptors (Lipinski definition) is 4. The Morgan fingerprint density at radius 2 is 1.79 bits per heavy atom. The number of ether oxygens (including phenoxy) is 2. The van der Waals surface area contributed by atoms with Gasteiger partial charge in [-0.05, 0) is 24.6 Å². The van der Waals surface area contributed by atoms with Crippen LogP contribution in [0.2, 0.25) is 0 Å². The second-order valence-corrected chi connectivity index (χ2v) is 5.96. The maximum absolute atomic E-state index is 13.4. The number of nitrogens with one attached hydrogen (secondary N) is 2. The van der Waals surface area contributed by atoms with Gasteiger partial charge in [0, 0.05) is 6.07 Å². The van der Waals surface area contributed by atoms with Gasteiger partial charge in [0.15, 0.2) is 6.61 Å². The van der Waals surface area contributed by atoms with Gasteiger partial charge in [-0.15, -0.1) is 0 Å². The third-order valence-electron chi connectivity index (χ3n) is 3.53. The van der Waals surface area contributed by atoms with E-state index in [1.54, 1.807) is 30.3 Å². The van der Waals surface area contributed by atoms with Gasteiger partial charge in [0.25, 0.3) is 0 Å². The van der Waals surface area contributed by atoms with E-state index in [2.05, 4.69) is 15.4 Å².